The van der Waals surface area contributed by atoms with Crippen molar-refractivity contribution < 1.29 is 25.2 Å². The summed E-state index contributed by atoms with van der Waals surface area (Å²) in [6.45, 7) is 18.8. The summed E-state index contributed by atoms with van der Waals surface area (Å²) in [5.41, 5.74) is -0.304. The zero-order valence-corrected chi connectivity index (χ0v) is 28.3. The number of ether oxygens (including phenoxy) is 1. The second kappa shape index (κ2) is 12.2. The third-order valence-corrected chi connectivity index (χ3v) is 15.0. The van der Waals surface area contributed by atoms with Crippen molar-refractivity contribution in [3.05, 3.63) is 0 Å². The molecule has 5 aliphatic carbocycles. The minimum Gasteiger partial charge on any atom is -0.393 e. The van der Waals surface area contributed by atoms with E-state index in [2.05, 4.69) is 48.5 Å². The van der Waals surface area contributed by atoms with Crippen molar-refractivity contribution in [2.24, 2.45) is 75.4 Å². The van der Waals surface area contributed by atoms with Gasteiger partial charge in [0.05, 0.1) is 18.3 Å². The maximum absolute atomic E-state index is 12.5. The predicted octanol–water partition coefficient (Wildman–Crippen LogP) is 7.04. The molecule has 0 aromatic carbocycles. The first-order valence-corrected chi connectivity index (χ1v) is 18.0. The third-order valence-electron chi connectivity index (χ3n) is 15.0. The van der Waals surface area contributed by atoms with Crippen LogP contribution in [0.25, 0.3) is 0 Å². The summed E-state index contributed by atoms with van der Waals surface area (Å²) < 4.78 is 5.58. The van der Waals surface area contributed by atoms with E-state index in [0.29, 0.717) is 36.2 Å². The maximum atomic E-state index is 12.5. The Morgan fingerprint density at radius 2 is 1.52 bits per heavy atom. The second-order valence-corrected chi connectivity index (χ2v) is 17.4. The van der Waals surface area contributed by atoms with Crippen LogP contribution in [-0.2, 0) is 4.74 Å². The fourth-order valence-electron chi connectivity index (χ4n) is 13.1. The lowest BCUT2D eigenvalue weighted by Crippen LogP contribution is -2.70. The highest BCUT2D eigenvalue weighted by Crippen LogP contribution is 2.73. The lowest BCUT2D eigenvalue weighted by atomic mass is 9.34. The molecule has 5 rings (SSSR count). The molecule has 5 fully saturated rings. The second-order valence-electron chi connectivity index (χ2n) is 17.4. The van der Waals surface area contributed by atoms with Crippen LogP contribution in [0.4, 0.5) is 0 Å². The number of aliphatic hydroxyl groups excluding tert-OH is 4. The number of rotatable bonds is 7. The van der Waals surface area contributed by atoms with Gasteiger partial charge < -0.3 is 25.2 Å². The molecule has 5 saturated carbocycles. The highest BCUT2D eigenvalue weighted by atomic mass is 16.6. The van der Waals surface area contributed by atoms with E-state index in [9.17, 15) is 20.4 Å². The molecule has 15 atom stereocenters. The Morgan fingerprint density at radius 3 is 2.14 bits per heavy atom. The topological polar surface area (TPSA) is 90.2 Å². The van der Waals surface area contributed by atoms with Crippen LogP contribution < -0.4 is 0 Å². The molecule has 5 aliphatic rings. The van der Waals surface area contributed by atoms with Crippen LogP contribution >= 0.6 is 0 Å². The summed E-state index contributed by atoms with van der Waals surface area (Å²) in [6.07, 6.45) is 10.4. The Kier molecular flexibility index (Phi) is 9.63. The minimum atomic E-state index is -0.617. The van der Waals surface area contributed by atoms with E-state index in [1.54, 1.807) is 0 Å². The van der Waals surface area contributed by atoms with Gasteiger partial charge in [0.1, 0.15) is 0 Å². The summed E-state index contributed by atoms with van der Waals surface area (Å²) in [5.74, 6) is 3.94. The highest BCUT2D eigenvalue weighted by molar-refractivity contribution is 5.18. The molecule has 0 aromatic rings. The Labute approximate surface area is 257 Å². The first-order chi connectivity index (χ1) is 19.7. The largest absolute Gasteiger partial charge is 0.393 e. The predicted molar refractivity (Wildman–Crippen MR) is 168 cm³/mol. The Morgan fingerprint density at radius 1 is 0.857 bits per heavy atom. The van der Waals surface area contributed by atoms with Gasteiger partial charge in [0, 0.05) is 24.4 Å². The fourth-order valence-corrected chi connectivity index (χ4v) is 13.1. The van der Waals surface area contributed by atoms with Crippen LogP contribution in [0, 0.1) is 75.4 Å². The van der Waals surface area contributed by atoms with E-state index in [4.69, 9.17) is 4.74 Å². The summed E-state index contributed by atoms with van der Waals surface area (Å²) in [4.78, 5) is 0. The molecule has 244 valence electrons. The van der Waals surface area contributed by atoms with Crippen molar-refractivity contribution in [2.45, 2.75) is 151 Å². The van der Waals surface area contributed by atoms with Crippen molar-refractivity contribution in [3.8, 4) is 0 Å². The van der Waals surface area contributed by atoms with Gasteiger partial charge in [-0.05, 0) is 129 Å². The average Bonchev–Trinajstić information content (AvgIpc) is 2.90. The molecule has 15 unspecified atom stereocenters. The van der Waals surface area contributed by atoms with Crippen LogP contribution in [0.2, 0.25) is 0 Å². The van der Waals surface area contributed by atoms with Gasteiger partial charge in [-0.1, -0.05) is 54.9 Å². The normalized spacial score (nSPS) is 54.3. The smallest absolute Gasteiger partial charge is 0.154 e. The molecule has 0 aliphatic heterocycles. The van der Waals surface area contributed by atoms with E-state index in [-0.39, 0.29) is 46.0 Å². The molecule has 0 amide bonds. The van der Waals surface area contributed by atoms with Crippen LogP contribution in [0.3, 0.4) is 0 Å². The standard InChI is InChI=1S/C37H66O5/c1-9-16-42-29(39)17-25-11-13-26(14-12-25)27-15-10-21(2)31-28(27)19-35(6)20-36(7)18-22(3)30(24(5)38)34(41)37(36,8)23(4)32(35)33(31)40/h21-34,38-41H,9-20H2,1-8H3. The average molecular weight is 591 g/mol. The molecule has 42 heavy (non-hydrogen) atoms. The van der Waals surface area contributed by atoms with Crippen LogP contribution in [0.5, 0.6) is 0 Å². The molecule has 5 heteroatoms. The van der Waals surface area contributed by atoms with E-state index < -0.39 is 18.5 Å². The molecule has 0 aromatic heterocycles. The van der Waals surface area contributed by atoms with Gasteiger partial charge in [0.15, 0.2) is 6.29 Å². The summed E-state index contributed by atoms with van der Waals surface area (Å²) >= 11 is 0. The van der Waals surface area contributed by atoms with Crippen LogP contribution in [0.1, 0.15) is 126 Å². The molecular formula is C37H66O5. The van der Waals surface area contributed by atoms with E-state index >= 15 is 0 Å². The van der Waals surface area contributed by atoms with Crippen molar-refractivity contribution >= 4 is 0 Å². The number of hydrogen-bond donors (Lipinski definition) is 4. The highest BCUT2D eigenvalue weighted by Gasteiger charge is 2.70. The lowest BCUT2D eigenvalue weighted by molar-refractivity contribution is -0.280. The van der Waals surface area contributed by atoms with Crippen LogP contribution in [0.15, 0.2) is 0 Å². The number of aliphatic hydroxyl groups is 4. The summed E-state index contributed by atoms with van der Waals surface area (Å²) in [7, 11) is 0. The van der Waals surface area contributed by atoms with E-state index in [0.717, 1.165) is 31.6 Å². The molecular weight excluding hydrogens is 524 g/mol. The first-order valence-electron chi connectivity index (χ1n) is 18.0. The zero-order chi connectivity index (χ0) is 30.8. The lowest BCUT2D eigenvalue weighted by Gasteiger charge is -2.72. The first kappa shape index (κ1) is 33.2. The maximum Gasteiger partial charge on any atom is 0.154 e. The SMILES string of the molecule is CCCOC(O)CC1CCC(C2CCC(C)C3C(O)C4C(C)C5(C)C(O)C(C(C)O)C(C)CC5(C)CC4(C)CC23)CC1. The van der Waals surface area contributed by atoms with Gasteiger partial charge in [-0.2, -0.15) is 0 Å². The van der Waals surface area contributed by atoms with Crippen LogP contribution in [-0.4, -0.2) is 51.6 Å². The molecule has 0 bridgehead atoms. The van der Waals surface area contributed by atoms with Gasteiger partial charge >= 0.3 is 0 Å². The van der Waals surface area contributed by atoms with Crippen molar-refractivity contribution in [3.63, 3.8) is 0 Å². The molecule has 0 saturated heterocycles. The number of hydrogen-bond acceptors (Lipinski definition) is 5. The van der Waals surface area contributed by atoms with Crippen molar-refractivity contribution in [2.75, 3.05) is 6.61 Å². The fraction of sp³-hybridized carbons (Fsp3) is 1.00. The van der Waals surface area contributed by atoms with Gasteiger partial charge in [-0.15, -0.1) is 0 Å². The third kappa shape index (κ3) is 5.35. The molecule has 4 N–H and O–H groups in total. The summed E-state index contributed by atoms with van der Waals surface area (Å²) in [6, 6.07) is 0. The van der Waals surface area contributed by atoms with Gasteiger partial charge in [0.2, 0.25) is 0 Å². The van der Waals surface area contributed by atoms with Crippen molar-refractivity contribution in [1.29, 1.82) is 0 Å². The molecule has 0 radical (unpaired) electrons. The minimum absolute atomic E-state index is 0.0248. The van der Waals surface area contributed by atoms with E-state index in [1.165, 1.54) is 44.9 Å². The summed E-state index contributed by atoms with van der Waals surface area (Å²) in [5, 5.41) is 45.5. The Hall–Kier alpha value is -0.200. The molecule has 0 spiro atoms. The quantitative estimate of drug-likeness (QED) is 0.239. The zero-order valence-electron chi connectivity index (χ0n) is 28.3. The molecule has 5 nitrogen and oxygen atoms in total. The van der Waals surface area contributed by atoms with E-state index in [1.807, 2.05) is 6.92 Å². The number of fused-ring (bicyclic) bond motifs is 3. The van der Waals surface area contributed by atoms with Crippen molar-refractivity contribution in [1.82, 2.24) is 0 Å². The monoisotopic (exact) mass is 590 g/mol. The van der Waals surface area contributed by atoms with Gasteiger partial charge in [0.25, 0.3) is 0 Å². The van der Waals surface area contributed by atoms with Gasteiger partial charge in [-0.25, -0.2) is 0 Å². The molecule has 0 heterocycles. The Balaban J connectivity index is 1.37. The Bertz CT molecular complexity index is 916. The van der Waals surface area contributed by atoms with Gasteiger partial charge in [-0.3, -0.25) is 0 Å².